The summed E-state index contributed by atoms with van der Waals surface area (Å²) in [4.78, 5) is 5.34. The first-order valence-electron chi connectivity index (χ1n) is 9.60. The smallest absolute Gasteiger partial charge is 0.132 e. The van der Waals surface area contributed by atoms with Crippen molar-refractivity contribution in [2.75, 3.05) is 7.11 Å². The van der Waals surface area contributed by atoms with Gasteiger partial charge >= 0.3 is 0 Å². The Labute approximate surface area is 177 Å². The Balaban J connectivity index is 1.70. The van der Waals surface area contributed by atoms with Gasteiger partial charge in [0.2, 0.25) is 0 Å². The number of aryl methyl sites for hydroxylation is 2. The zero-order valence-electron chi connectivity index (χ0n) is 16.5. The summed E-state index contributed by atoms with van der Waals surface area (Å²) < 4.78 is 7.83. The Morgan fingerprint density at radius 3 is 2.61 bits per heavy atom. The number of halogens is 1. The molecule has 0 spiro atoms. The van der Waals surface area contributed by atoms with Gasteiger partial charge in [-0.2, -0.15) is 0 Å². The van der Waals surface area contributed by atoms with Crippen molar-refractivity contribution < 1.29 is 4.74 Å². The van der Waals surface area contributed by atoms with Gasteiger partial charge in [0.05, 0.1) is 13.4 Å². The van der Waals surface area contributed by atoms with Gasteiger partial charge < -0.3 is 9.30 Å². The third-order valence-corrected chi connectivity index (χ3v) is 6.67. The second-order valence-electron chi connectivity index (χ2n) is 7.23. The minimum absolute atomic E-state index is 0.106. The van der Waals surface area contributed by atoms with Crippen molar-refractivity contribution in [1.29, 1.82) is 0 Å². The number of benzene rings is 2. The minimum atomic E-state index is 0.106. The maximum atomic E-state index is 6.03. The van der Waals surface area contributed by atoms with Crippen LogP contribution in [0, 0.1) is 0 Å². The van der Waals surface area contributed by atoms with Gasteiger partial charge in [-0.05, 0) is 55.5 Å². The van der Waals surface area contributed by atoms with Crippen molar-refractivity contribution in [3.05, 3.63) is 77.8 Å². The molecule has 148 valence electrons. The van der Waals surface area contributed by atoms with Crippen molar-refractivity contribution in [1.82, 2.24) is 9.55 Å². The molecule has 0 amide bonds. The van der Waals surface area contributed by atoms with Crippen molar-refractivity contribution in [2.45, 2.75) is 48.8 Å². The van der Waals surface area contributed by atoms with E-state index in [9.17, 15) is 0 Å². The molecule has 0 aliphatic carbocycles. The number of para-hydroxylation sites is 1. The van der Waals surface area contributed by atoms with E-state index in [-0.39, 0.29) is 4.75 Å². The number of hydrogen-bond acceptors (Lipinski definition) is 3. The van der Waals surface area contributed by atoms with Gasteiger partial charge in [0, 0.05) is 33.6 Å². The number of ether oxygens (including phenoxy) is 1. The number of aromatic nitrogens is 2. The molecule has 0 bridgehead atoms. The SMILES string of the molecule is COc1ccccc1SC(C)(CCCn1ccnc1)CCc1ccc(Cl)cc1. The summed E-state index contributed by atoms with van der Waals surface area (Å²) in [5.74, 6) is 0.944. The Bertz CT molecular complexity index is 851. The van der Waals surface area contributed by atoms with E-state index in [2.05, 4.69) is 40.7 Å². The lowest BCUT2D eigenvalue weighted by Crippen LogP contribution is -2.22. The van der Waals surface area contributed by atoms with Crippen LogP contribution in [-0.4, -0.2) is 21.4 Å². The van der Waals surface area contributed by atoms with Gasteiger partial charge in [0.15, 0.2) is 0 Å². The van der Waals surface area contributed by atoms with Crippen LogP contribution >= 0.6 is 23.4 Å². The topological polar surface area (TPSA) is 27.1 Å². The van der Waals surface area contributed by atoms with Gasteiger partial charge in [0.25, 0.3) is 0 Å². The van der Waals surface area contributed by atoms with E-state index in [1.807, 2.05) is 54.7 Å². The molecule has 3 aromatic rings. The van der Waals surface area contributed by atoms with Crippen LogP contribution in [-0.2, 0) is 13.0 Å². The summed E-state index contributed by atoms with van der Waals surface area (Å²) in [6.45, 7) is 3.36. The number of rotatable bonds is 10. The van der Waals surface area contributed by atoms with E-state index in [1.165, 1.54) is 10.5 Å². The highest BCUT2D eigenvalue weighted by Gasteiger charge is 2.26. The Morgan fingerprint density at radius 1 is 1.11 bits per heavy atom. The predicted octanol–water partition coefficient (Wildman–Crippen LogP) is 6.51. The maximum Gasteiger partial charge on any atom is 0.132 e. The van der Waals surface area contributed by atoms with E-state index >= 15 is 0 Å². The molecule has 0 N–H and O–H groups in total. The first-order chi connectivity index (χ1) is 13.6. The van der Waals surface area contributed by atoms with Gasteiger partial charge in [-0.25, -0.2) is 4.98 Å². The van der Waals surface area contributed by atoms with Gasteiger partial charge in [-0.3, -0.25) is 0 Å². The number of hydrogen-bond donors (Lipinski definition) is 0. The van der Waals surface area contributed by atoms with E-state index in [4.69, 9.17) is 16.3 Å². The van der Waals surface area contributed by atoms with Crippen LogP contribution in [0.25, 0.3) is 0 Å². The van der Waals surface area contributed by atoms with Crippen LogP contribution in [0.2, 0.25) is 5.02 Å². The zero-order valence-corrected chi connectivity index (χ0v) is 18.0. The summed E-state index contributed by atoms with van der Waals surface area (Å²) in [6, 6.07) is 16.5. The van der Waals surface area contributed by atoms with E-state index < -0.39 is 0 Å². The van der Waals surface area contributed by atoms with E-state index in [0.717, 1.165) is 43.0 Å². The molecule has 0 radical (unpaired) electrons. The average molecular weight is 415 g/mol. The van der Waals surface area contributed by atoms with Crippen LogP contribution in [0.3, 0.4) is 0 Å². The van der Waals surface area contributed by atoms with Crippen molar-refractivity contribution in [3.8, 4) is 5.75 Å². The molecule has 0 aliphatic heterocycles. The summed E-state index contributed by atoms with van der Waals surface area (Å²) in [6.07, 6.45) is 10.1. The normalized spacial score (nSPS) is 13.2. The molecule has 1 atom stereocenters. The Morgan fingerprint density at radius 2 is 1.89 bits per heavy atom. The molecule has 1 aromatic heterocycles. The monoisotopic (exact) mass is 414 g/mol. The van der Waals surface area contributed by atoms with Gasteiger partial charge in [-0.1, -0.05) is 42.8 Å². The molecule has 3 nitrogen and oxygen atoms in total. The van der Waals surface area contributed by atoms with Crippen molar-refractivity contribution in [2.24, 2.45) is 0 Å². The zero-order chi connectivity index (χ0) is 19.8. The molecule has 0 saturated carbocycles. The fourth-order valence-corrected chi connectivity index (χ4v) is 4.82. The third-order valence-electron chi connectivity index (χ3n) is 4.96. The van der Waals surface area contributed by atoms with Crippen LogP contribution in [0.5, 0.6) is 5.75 Å². The number of imidazole rings is 1. The van der Waals surface area contributed by atoms with Crippen LogP contribution in [0.4, 0.5) is 0 Å². The minimum Gasteiger partial charge on any atom is -0.496 e. The quantitative estimate of drug-likeness (QED) is 0.354. The Kier molecular flexibility index (Phi) is 7.46. The van der Waals surface area contributed by atoms with Crippen molar-refractivity contribution >= 4 is 23.4 Å². The molecule has 5 heteroatoms. The highest BCUT2D eigenvalue weighted by Crippen LogP contribution is 2.43. The summed E-state index contributed by atoms with van der Waals surface area (Å²) in [5, 5.41) is 0.787. The molecule has 0 aliphatic rings. The summed E-state index contributed by atoms with van der Waals surface area (Å²) >= 11 is 7.96. The standard InChI is InChI=1S/C23H27ClN2OS/c1-23(13-5-16-26-17-15-25-18-26,14-12-19-8-10-20(24)11-9-19)28-22-7-4-3-6-21(22)27-2/h3-4,6-11,15,17-18H,5,12-14,16H2,1-2H3. The highest BCUT2D eigenvalue weighted by molar-refractivity contribution is 8.00. The molecule has 1 heterocycles. The van der Waals surface area contributed by atoms with Gasteiger partial charge in [0.1, 0.15) is 5.75 Å². The molecule has 28 heavy (non-hydrogen) atoms. The first kappa shape index (κ1) is 20.8. The molecular formula is C23H27ClN2OS. The fourth-order valence-electron chi connectivity index (χ4n) is 3.31. The largest absolute Gasteiger partial charge is 0.496 e. The van der Waals surface area contributed by atoms with Crippen LogP contribution < -0.4 is 4.74 Å². The summed E-state index contributed by atoms with van der Waals surface area (Å²) in [7, 11) is 1.74. The molecule has 1 unspecified atom stereocenters. The average Bonchev–Trinajstić information content (AvgIpc) is 3.21. The van der Waals surface area contributed by atoms with Crippen molar-refractivity contribution in [3.63, 3.8) is 0 Å². The second-order valence-corrected chi connectivity index (χ2v) is 9.30. The van der Waals surface area contributed by atoms with Crippen LogP contribution in [0.15, 0.2) is 72.1 Å². The summed E-state index contributed by atoms with van der Waals surface area (Å²) in [5.41, 5.74) is 1.32. The molecular weight excluding hydrogens is 388 g/mol. The van der Waals surface area contributed by atoms with Gasteiger partial charge in [-0.15, -0.1) is 11.8 Å². The lowest BCUT2D eigenvalue weighted by molar-refractivity contribution is 0.404. The number of nitrogens with zero attached hydrogens (tertiary/aromatic N) is 2. The lowest BCUT2D eigenvalue weighted by Gasteiger charge is -2.30. The highest BCUT2D eigenvalue weighted by atomic mass is 35.5. The number of thioether (sulfide) groups is 1. The lowest BCUT2D eigenvalue weighted by atomic mass is 9.95. The van der Waals surface area contributed by atoms with Crippen LogP contribution in [0.1, 0.15) is 31.7 Å². The maximum absolute atomic E-state index is 6.03. The Hall–Kier alpha value is -1.91. The number of methoxy groups -OCH3 is 1. The molecule has 2 aromatic carbocycles. The molecule has 0 fully saturated rings. The second kappa shape index (κ2) is 10.0. The fraction of sp³-hybridized carbons (Fsp3) is 0.348. The van der Waals surface area contributed by atoms with E-state index in [1.54, 1.807) is 7.11 Å². The molecule has 3 rings (SSSR count). The first-order valence-corrected chi connectivity index (χ1v) is 10.8. The molecule has 0 saturated heterocycles. The van der Waals surface area contributed by atoms with E-state index in [0.29, 0.717) is 0 Å². The predicted molar refractivity (Wildman–Crippen MR) is 118 cm³/mol. The third kappa shape index (κ3) is 6.05.